The van der Waals surface area contributed by atoms with Crippen LogP contribution in [-0.2, 0) is 6.42 Å². The summed E-state index contributed by atoms with van der Waals surface area (Å²) in [6, 6.07) is 11.9. The highest BCUT2D eigenvalue weighted by Crippen LogP contribution is 2.24. The molecule has 24 heavy (non-hydrogen) atoms. The molecule has 0 aliphatic rings. The van der Waals surface area contributed by atoms with Crippen molar-refractivity contribution in [3.63, 3.8) is 0 Å². The number of ether oxygens (including phenoxy) is 1. The zero-order chi connectivity index (χ0) is 17.5. The number of carbonyl (C=O) groups is 1. The van der Waals surface area contributed by atoms with E-state index in [1.807, 2.05) is 6.92 Å². The molecule has 4 heteroatoms. The third kappa shape index (κ3) is 4.34. The molecule has 0 aliphatic carbocycles. The van der Waals surface area contributed by atoms with Gasteiger partial charge in [0.1, 0.15) is 5.56 Å². The first-order valence-electron chi connectivity index (χ1n) is 8.54. The molecule has 1 N–H and O–H groups in total. The van der Waals surface area contributed by atoms with Crippen molar-refractivity contribution in [2.24, 2.45) is 5.92 Å². The van der Waals surface area contributed by atoms with Gasteiger partial charge in [-0.25, -0.2) is 4.98 Å². The molecule has 0 saturated heterocycles. The quantitative estimate of drug-likeness (QED) is 0.831. The zero-order valence-electron chi connectivity index (χ0n) is 14.9. The van der Waals surface area contributed by atoms with E-state index < -0.39 is 0 Å². The Morgan fingerprint density at radius 1 is 1.17 bits per heavy atom. The second-order valence-corrected chi connectivity index (χ2v) is 6.08. The number of rotatable bonds is 7. The molecule has 0 radical (unpaired) electrons. The van der Waals surface area contributed by atoms with E-state index in [0.717, 1.165) is 12.0 Å². The van der Waals surface area contributed by atoms with Gasteiger partial charge in [0.05, 0.1) is 12.6 Å². The summed E-state index contributed by atoms with van der Waals surface area (Å²) in [7, 11) is 0. The van der Waals surface area contributed by atoms with Gasteiger partial charge in [0.15, 0.2) is 0 Å². The van der Waals surface area contributed by atoms with Crippen molar-refractivity contribution in [1.29, 1.82) is 0 Å². The van der Waals surface area contributed by atoms with E-state index in [0.29, 0.717) is 18.1 Å². The SMILES string of the molecule is CCOc1ncccc1C(=O)N[C@H](c1ccc(CC)cc1)C(C)C. The van der Waals surface area contributed by atoms with E-state index in [1.54, 1.807) is 18.3 Å². The number of nitrogens with one attached hydrogen (secondary N) is 1. The van der Waals surface area contributed by atoms with Gasteiger partial charge in [-0.1, -0.05) is 45.0 Å². The Hall–Kier alpha value is -2.36. The van der Waals surface area contributed by atoms with Crippen molar-refractivity contribution in [3.8, 4) is 5.88 Å². The number of hydrogen-bond donors (Lipinski definition) is 1. The highest BCUT2D eigenvalue weighted by molar-refractivity contribution is 5.96. The summed E-state index contributed by atoms with van der Waals surface area (Å²) >= 11 is 0. The molecule has 0 saturated carbocycles. The first-order valence-corrected chi connectivity index (χ1v) is 8.54. The Morgan fingerprint density at radius 3 is 2.46 bits per heavy atom. The van der Waals surface area contributed by atoms with Crippen molar-refractivity contribution < 1.29 is 9.53 Å². The number of benzene rings is 1. The van der Waals surface area contributed by atoms with E-state index in [4.69, 9.17) is 4.74 Å². The minimum atomic E-state index is -0.162. The van der Waals surface area contributed by atoms with Crippen molar-refractivity contribution in [2.75, 3.05) is 6.61 Å². The van der Waals surface area contributed by atoms with Crippen LogP contribution in [0, 0.1) is 5.92 Å². The average Bonchev–Trinajstić information content (AvgIpc) is 2.60. The molecular formula is C20H26N2O2. The van der Waals surface area contributed by atoms with Gasteiger partial charge < -0.3 is 10.1 Å². The summed E-state index contributed by atoms with van der Waals surface area (Å²) in [5.74, 6) is 0.486. The standard InChI is InChI=1S/C20H26N2O2/c1-5-15-9-11-16(12-10-15)18(14(3)4)22-19(23)17-8-7-13-21-20(17)24-6-2/h7-14,18H,5-6H2,1-4H3,(H,22,23)/t18-/m0/s1. The molecule has 2 rings (SSSR count). The molecule has 0 unspecified atom stereocenters. The van der Waals surface area contributed by atoms with Gasteiger partial charge in [-0.15, -0.1) is 0 Å². The van der Waals surface area contributed by atoms with Gasteiger partial charge in [0.25, 0.3) is 5.91 Å². The van der Waals surface area contributed by atoms with E-state index in [2.05, 4.69) is 55.3 Å². The predicted molar refractivity (Wildman–Crippen MR) is 96.3 cm³/mol. The highest BCUT2D eigenvalue weighted by Gasteiger charge is 2.21. The number of carbonyl (C=O) groups excluding carboxylic acids is 1. The van der Waals surface area contributed by atoms with Crippen LogP contribution >= 0.6 is 0 Å². The number of pyridine rings is 1. The number of nitrogens with zero attached hydrogens (tertiary/aromatic N) is 1. The molecule has 0 fully saturated rings. The molecule has 1 atom stereocenters. The first-order chi connectivity index (χ1) is 11.6. The van der Waals surface area contributed by atoms with Gasteiger partial charge in [0, 0.05) is 6.20 Å². The van der Waals surface area contributed by atoms with Crippen LogP contribution in [0.1, 0.15) is 55.2 Å². The zero-order valence-corrected chi connectivity index (χ0v) is 14.9. The maximum atomic E-state index is 12.7. The molecule has 1 aromatic heterocycles. The summed E-state index contributed by atoms with van der Waals surface area (Å²) in [6.45, 7) is 8.69. The van der Waals surface area contributed by atoms with Crippen LogP contribution in [0.15, 0.2) is 42.6 Å². The van der Waals surface area contributed by atoms with E-state index in [-0.39, 0.29) is 17.9 Å². The third-order valence-corrected chi connectivity index (χ3v) is 4.00. The lowest BCUT2D eigenvalue weighted by atomic mass is 9.94. The Morgan fingerprint density at radius 2 is 1.88 bits per heavy atom. The molecule has 0 spiro atoms. The van der Waals surface area contributed by atoms with Gasteiger partial charge in [-0.2, -0.15) is 0 Å². The predicted octanol–water partition coefficient (Wildman–Crippen LogP) is 4.17. The lowest BCUT2D eigenvalue weighted by Crippen LogP contribution is -2.32. The average molecular weight is 326 g/mol. The number of amides is 1. The molecule has 0 aliphatic heterocycles. The van der Waals surface area contributed by atoms with Crippen LogP contribution in [0.4, 0.5) is 0 Å². The largest absolute Gasteiger partial charge is 0.477 e. The second-order valence-electron chi connectivity index (χ2n) is 6.08. The molecule has 128 valence electrons. The van der Waals surface area contributed by atoms with Crippen LogP contribution in [0.3, 0.4) is 0 Å². The Labute approximate surface area is 144 Å². The molecule has 1 amide bonds. The fourth-order valence-corrected chi connectivity index (χ4v) is 2.63. The van der Waals surface area contributed by atoms with Crippen molar-refractivity contribution in [1.82, 2.24) is 10.3 Å². The lowest BCUT2D eigenvalue weighted by molar-refractivity contribution is 0.0921. The van der Waals surface area contributed by atoms with E-state index in [1.165, 1.54) is 5.56 Å². The van der Waals surface area contributed by atoms with Gasteiger partial charge in [-0.05, 0) is 42.5 Å². The monoisotopic (exact) mass is 326 g/mol. The van der Waals surface area contributed by atoms with Gasteiger partial charge >= 0.3 is 0 Å². The molecular weight excluding hydrogens is 300 g/mol. The van der Waals surface area contributed by atoms with Gasteiger partial charge in [-0.3, -0.25) is 4.79 Å². The minimum Gasteiger partial charge on any atom is -0.477 e. The van der Waals surface area contributed by atoms with Crippen molar-refractivity contribution >= 4 is 5.91 Å². The van der Waals surface area contributed by atoms with E-state index in [9.17, 15) is 4.79 Å². The Kier molecular flexibility index (Phi) is 6.36. The Balaban J connectivity index is 2.22. The van der Waals surface area contributed by atoms with Crippen LogP contribution in [0.5, 0.6) is 5.88 Å². The maximum absolute atomic E-state index is 12.7. The normalized spacial score (nSPS) is 12.0. The molecule has 2 aromatic rings. The number of aryl methyl sites for hydroxylation is 1. The minimum absolute atomic E-state index is 0.0573. The summed E-state index contributed by atoms with van der Waals surface area (Å²) in [6.07, 6.45) is 2.64. The number of hydrogen-bond acceptors (Lipinski definition) is 3. The first kappa shape index (κ1) is 18.0. The molecule has 4 nitrogen and oxygen atoms in total. The summed E-state index contributed by atoms with van der Waals surface area (Å²) in [5, 5.41) is 3.13. The lowest BCUT2D eigenvalue weighted by Gasteiger charge is -2.23. The topological polar surface area (TPSA) is 51.2 Å². The van der Waals surface area contributed by atoms with Gasteiger partial charge in [0.2, 0.25) is 5.88 Å². The van der Waals surface area contributed by atoms with Crippen LogP contribution in [0.25, 0.3) is 0 Å². The maximum Gasteiger partial charge on any atom is 0.257 e. The molecule has 1 heterocycles. The van der Waals surface area contributed by atoms with Crippen LogP contribution in [-0.4, -0.2) is 17.5 Å². The smallest absolute Gasteiger partial charge is 0.257 e. The second kappa shape index (κ2) is 8.48. The van der Waals surface area contributed by atoms with Crippen molar-refractivity contribution in [3.05, 3.63) is 59.3 Å². The summed E-state index contributed by atoms with van der Waals surface area (Å²) in [5.41, 5.74) is 2.87. The highest BCUT2D eigenvalue weighted by atomic mass is 16.5. The number of aromatic nitrogens is 1. The molecule has 1 aromatic carbocycles. The summed E-state index contributed by atoms with van der Waals surface area (Å²) < 4.78 is 5.46. The van der Waals surface area contributed by atoms with Crippen molar-refractivity contribution in [2.45, 2.75) is 40.2 Å². The third-order valence-electron chi connectivity index (χ3n) is 4.00. The van der Waals surface area contributed by atoms with Crippen LogP contribution < -0.4 is 10.1 Å². The fraction of sp³-hybridized carbons (Fsp3) is 0.400. The molecule has 0 bridgehead atoms. The Bertz CT molecular complexity index is 666. The van der Waals surface area contributed by atoms with Crippen LogP contribution in [0.2, 0.25) is 0 Å². The fourth-order valence-electron chi connectivity index (χ4n) is 2.63. The van der Waals surface area contributed by atoms with E-state index >= 15 is 0 Å². The summed E-state index contributed by atoms with van der Waals surface area (Å²) in [4.78, 5) is 16.9.